The first-order valence-corrected chi connectivity index (χ1v) is 7.39. The third kappa shape index (κ3) is 2.72. The maximum absolute atomic E-state index is 5.98. The van der Waals surface area contributed by atoms with E-state index >= 15 is 0 Å². The molecule has 3 N–H and O–H groups in total. The topological polar surface area (TPSA) is 68.2 Å². The molecular weight excluding hydrogens is 298 g/mol. The van der Waals surface area contributed by atoms with E-state index in [1.54, 1.807) is 6.20 Å². The van der Waals surface area contributed by atoms with Crippen molar-refractivity contribution in [1.82, 2.24) is 14.4 Å². The number of halogens is 1. The summed E-state index contributed by atoms with van der Waals surface area (Å²) in [5.41, 5.74) is 8.28. The molecule has 0 spiro atoms. The standard InChI is InChI=1S/C16H18ClN5/c1-16(2,3)21-14-12(10-4-6-11(17)7-5-10)20-15-13(18)19-8-9-22(14)15/h4-9,21H,1-3H3,(H2,18,19). The summed E-state index contributed by atoms with van der Waals surface area (Å²) in [4.78, 5) is 8.78. The fourth-order valence-corrected chi connectivity index (χ4v) is 2.41. The van der Waals surface area contributed by atoms with E-state index in [0.717, 1.165) is 17.1 Å². The van der Waals surface area contributed by atoms with Crippen molar-refractivity contribution in [3.63, 3.8) is 0 Å². The number of benzene rings is 1. The smallest absolute Gasteiger partial charge is 0.182 e. The highest BCUT2D eigenvalue weighted by Gasteiger charge is 2.20. The molecule has 0 aliphatic heterocycles. The van der Waals surface area contributed by atoms with Crippen molar-refractivity contribution in [1.29, 1.82) is 0 Å². The number of hydrogen-bond donors (Lipinski definition) is 2. The van der Waals surface area contributed by atoms with Gasteiger partial charge in [0.15, 0.2) is 11.5 Å². The number of nitrogens with two attached hydrogens (primary N) is 1. The van der Waals surface area contributed by atoms with Crippen LogP contribution < -0.4 is 11.1 Å². The van der Waals surface area contributed by atoms with Gasteiger partial charge in [0.1, 0.15) is 11.5 Å². The van der Waals surface area contributed by atoms with Crippen LogP contribution in [0.1, 0.15) is 20.8 Å². The summed E-state index contributed by atoms with van der Waals surface area (Å²) >= 11 is 5.98. The molecule has 2 heterocycles. The second-order valence-electron chi connectivity index (χ2n) is 6.20. The molecule has 5 nitrogen and oxygen atoms in total. The Hall–Kier alpha value is -2.27. The molecule has 114 valence electrons. The minimum absolute atomic E-state index is 0.116. The molecule has 0 atom stereocenters. The summed E-state index contributed by atoms with van der Waals surface area (Å²) in [5, 5.41) is 4.19. The van der Waals surface area contributed by atoms with Crippen molar-refractivity contribution in [2.45, 2.75) is 26.3 Å². The first-order valence-electron chi connectivity index (χ1n) is 7.02. The Morgan fingerprint density at radius 3 is 2.50 bits per heavy atom. The average Bonchev–Trinajstić information content (AvgIpc) is 2.78. The van der Waals surface area contributed by atoms with Crippen LogP contribution in [-0.4, -0.2) is 19.9 Å². The van der Waals surface area contributed by atoms with Crippen LogP contribution in [0.5, 0.6) is 0 Å². The van der Waals surface area contributed by atoms with Crippen LogP contribution >= 0.6 is 11.6 Å². The van der Waals surface area contributed by atoms with Crippen LogP contribution in [0.25, 0.3) is 16.9 Å². The number of hydrogen-bond acceptors (Lipinski definition) is 4. The van der Waals surface area contributed by atoms with Crippen LogP contribution in [0.15, 0.2) is 36.7 Å². The van der Waals surface area contributed by atoms with E-state index in [0.29, 0.717) is 16.5 Å². The average molecular weight is 316 g/mol. The summed E-state index contributed by atoms with van der Waals surface area (Å²) < 4.78 is 1.93. The lowest BCUT2D eigenvalue weighted by Crippen LogP contribution is -2.27. The van der Waals surface area contributed by atoms with Crippen molar-refractivity contribution in [2.75, 3.05) is 11.1 Å². The van der Waals surface area contributed by atoms with Gasteiger partial charge >= 0.3 is 0 Å². The Kier molecular flexibility index (Phi) is 3.45. The van der Waals surface area contributed by atoms with Crippen LogP contribution in [0, 0.1) is 0 Å². The van der Waals surface area contributed by atoms with E-state index in [-0.39, 0.29) is 5.54 Å². The van der Waals surface area contributed by atoms with Gasteiger partial charge in [-0.3, -0.25) is 4.40 Å². The van der Waals surface area contributed by atoms with Gasteiger partial charge in [-0.05, 0) is 32.9 Å². The van der Waals surface area contributed by atoms with Gasteiger partial charge < -0.3 is 11.1 Å². The molecule has 0 aliphatic rings. The number of imidazole rings is 1. The third-order valence-electron chi connectivity index (χ3n) is 3.18. The van der Waals surface area contributed by atoms with Crippen LogP contribution in [-0.2, 0) is 0 Å². The zero-order valence-corrected chi connectivity index (χ0v) is 13.5. The Morgan fingerprint density at radius 2 is 1.86 bits per heavy atom. The van der Waals surface area contributed by atoms with Crippen LogP contribution in [0.4, 0.5) is 11.6 Å². The molecule has 0 unspecified atom stereocenters. The molecule has 0 aliphatic carbocycles. The van der Waals surface area contributed by atoms with E-state index in [1.807, 2.05) is 34.9 Å². The number of nitrogen functional groups attached to an aromatic ring is 1. The van der Waals surface area contributed by atoms with Gasteiger partial charge in [-0.1, -0.05) is 23.7 Å². The van der Waals surface area contributed by atoms with Gasteiger partial charge in [-0.15, -0.1) is 0 Å². The van der Waals surface area contributed by atoms with Crippen molar-refractivity contribution in [3.8, 4) is 11.3 Å². The van der Waals surface area contributed by atoms with E-state index in [1.165, 1.54) is 0 Å². The van der Waals surface area contributed by atoms with Crippen LogP contribution in [0.3, 0.4) is 0 Å². The molecule has 0 bridgehead atoms. The van der Waals surface area contributed by atoms with Crippen LogP contribution in [0.2, 0.25) is 5.02 Å². The molecule has 1 aromatic carbocycles. The lowest BCUT2D eigenvalue weighted by Gasteiger charge is -2.22. The van der Waals surface area contributed by atoms with Crippen molar-refractivity contribution >= 4 is 28.9 Å². The van der Waals surface area contributed by atoms with Gasteiger partial charge in [0.25, 0.3) is 0 Å². The molecule has 0 radical (unpaired) electrons. The van der Waals surface area contributed by atoms with Gasteiger partial charge in [-0.25, -0.2) is 9.97 Å². The fraction of sp³-hybridized carbons (Fsp3) is 0.250. The van der Waals surface area contributed by atoms with Gasteiger partial charge in [-0.2, -0.15) is 0 Å². The van der Waals surface area contributed by atoms with Gasteiger partial charge in [0.05, 0.1) is 0 Å². The molecule has 3 rings (SSSR count). The minimum atomic E-state index is -0.116. The fourth-order valence-electron chi connectivity index (χ4n) is 2.28. The van der Waals surface area contributed by atoms with Crippen molar-refractivity contribution in [2.24, 2.45) is 0 Å². The van der Waals surface area contributed by atoms with E-state index < -0.39 is 0 Å². The Labute approximate surface area is 134 Å². The molecule has 0 fully saturated rings. The quantitative estimate of drug-likeness (QED) is 0.754. The monoisotopic (exact) mass is 315 g/mol. The Morgan fingerprint density at radius 1 is 1.18 bits per heavy atom. The molecule has 0 saturated carbocycles. The molecule has 0 amide bonds. The largest absolute Gasteiger partial charge is 0.381 e. The number of nitrogens with one attached hydrogen (secondary N) is 1. The van der Waals surface area contributed by atoms with Crippen molar-refractivity contribution < 1.29 is 0 Å². The Bertz CT molecular complexity index is 815. The number of anilines is 2. The molecule has 6 heteroatoms. The first-order chi connectivity index (χ1) is 10.3. The summed E-state index contributed by atoms with van der Waals surface area (Å²) in [7, 11) is 0. The zero-order chi connectivity index (χ0) is 15.9. The zero-order valence-electron chi connectivity index (χ0n) is 12.8. The predicted molar refractivity (Wildman–Crippen MR) is 91.2 cm³/mol. The minimum Gasteiger partial charge on any atom is -0.381 e. The molecular formula is C16H18ClN5. The number of aromatic nitrogens is 3. The molecule has 22 heavy (non-hydrogen) atoms. The van der Waals surface area contributed by atoms with Gasteiger partial charge in [0, 0.05) is 28.5 Å². The number of rotatable bonds is 2. The third-order valence-corrected chi connectivity index (χ3v) is 3.43. The molecule has 0 saturated heterocycles. The first kappa shape index (κ1) is 14.7. The maximum atomic E-state index is 5.98. The lowest BCUT2D eigenvalue weighted by molar-refractivity contribution is 0.629. The Balaban J connectivity index is 2.26. The van der Waals surface area contributed by atoms with E-state index in [9.17, 15) is 0 Å². The SMILES string of the molecule is CC(C)(C)Nc1c(-c2ccc(Cl)cc2)nc2c(N)nccn12. The second kappa shape index (κ2) is 5.18. The highest BCUT2D eigenvalue weighted by atomic mass is 35.5. The lowest BCUT2D eigenvalue weighted by atomic mass is 10.1. The van der Waals surface area contributed by atoms with Gasteiger partial charge in [0.2, 0.25) is 0 Å². The number of nitrogens with zero attached hydrogens (tertiary/aromatic N) is 3. The second-order valence-corrected chi connectivity index (χ2v) is 6.63. The summed E-state index contributed by atoms with van der Waals surface area (Å²) in [6.45, 7) is 6.30. The molecule has 2 aromatic heterocycles. The highest BCUT2D eigenvalue weighted by molar-refractivity contribution is 6.30. The maximum Gasteiger partial charge on any atom is 0.182 e. The predicted octanol–water partition coefficient (Wildman–Crippen LogP) is 3.84. The summed E-state index contributed by atoms with van der Waals surface area (Å²) in [5.74, 6) is 1.29. The normalized spacial score (nSPS) is 11.8. The number of fused-ring (bicyclic) bond motifs is 1. The summed E-state index contributed by atoms with van der Waals surface area (Å²) in [6, 6.07) is 7.59. The summed E-state index contributed by atoms with van der Waals surface area (Å²) in [6.07, 6.45) is 3.52. The van der Waals surface area contributed by atoms with E-state index in [4.69, 9.17) is 17.3 Å². The highest BCUT2D eigenvalue weighted by Crippen LogP contribution is 2.32. The van der Waals surface area contributed by atoms with Crippen molar-refractivity contribution in [3.05, 3.63) is 41.7 Å². The molecule has 3 aromatic rings. The van der Waals surface area contributed by atoms with E-state index in [2.05, 4.69) is 36.1 Å².